The number of hydrogen-bond acceptors (Lipinski definition) is 2. The van der Waals surface area contributed by atoms with Crippen molar-refractivity contribution in [3.05, 3.63) is 46.4 Å². The lowest BCUT2D eigenvalue weighted by molar-refractivity contribution is 0.623. The summed E-state index contributed by atoms with van der Waals surface area (Å²) in [4.78, 5) is 0. The summed E-state index contributed by atoms with van der Waals surface area (Å²) >= 11 is 3.30. The molecular formula is C10H9BrFN3. The zero-order valence-electron chi connectivity index (χ0n) is 7.82. The van der Waals surface area contributed by atoms with Crippen molar-refractivity contribution in [2.75, 3.05) is 5.73 Å². The molecule has 2 N–H and O–H groups in total. The smallest absolute Gasteiger partial charge is 0.124 e. The van der Waals surface area contributed by atoms with Gasteiger partial charge in [0.05, 0.1) is 18.4 Å². The normalized spacial score (nSPS) is 10.5. The van der Waals surface area contributed by atoms with Crippen molar-refractivity contribution in [1.82, 2.24) is 9.78 Å². The monoisotopic (exact) mass is 269 g/mol. The van der Waals surface area contributed by atoms with Gasteiger partial charge in [0, 0.05) is 10.7 Å². The molecule has 3 nitrogen and oxygen atoms in total. The van der Waals surface area contributed by atoms with Crippen molar-refractivity contribution >= 4 is 21.6 Å². The molecule has 78 valence electrons. The van der Waals surface area contributed by atoms with E-state index in [0.717, 1.165) is 10.0 Å². The average molecular weight is 270 g/mol. The zero-order valence-corrected chi connectivity index (χ0v) is 9.41. The van der Waals surface area contributed by atoms with Gasteiger partial charge < -0.3 is 5.73 Å². The summed E-state index contributed by atoms with van der Waals surface area (Å²) in [6.07, 6.45) is 3.31. The number of anilines is 1. The lowest BCUT2D eigenvalue weighted by Crippen LogP contribution is -2.00. The van der Waals surface area contributed by atoms with Gasteiger partial charge in [-0.15, -0.1) is 0 Å². The van der Waals surface area contributed by atoms with Gasteiger partial charge in [-0.05, 0) is 17.7 Å². The number of benzene rings is 1. The fourth-order valence-corrected chi connectivity index (χ4v) is 1.77. The van der Waals surface area contributed by atoms with Crippen LogP contribution in [-0.2, 0) is 6.54 Å². The molecule has 0 aliphatic rings. The Hall–Kier alpha value is -1.36. The summed E-state index contributed by atoms with van der Waals surface area (Å²) < 4.78 is 15.3. The third kappa shape index (κ3) is 2.36. The van der Waals surface area contributed by atoms with E-state index in [1.807, 2.05) is 0 Å². The van der Waals surface area contributed by atoms with E-state index in [4.69, 9.17) is 5.73 Å². The molecule has 0 amide bonds. The highest BCUT2D eigenvalue weighted by molar-refractivity contribution is 9.10. The summed E-state index contributed by atoms with van der Waals surface area (Å²) in [6.45, 7) is 0.568. The Morgan fingerprint density at radius 2 is 2.27 bits per heavy atom. The first-order valence-corrected chi connectivity index (χ1v) is 5.16. The first kappa shape index (κ1) is 10.2. The van der Waals surface area contributed by atoms with Crippen LogP contribution in [0.1, 0.15) is 5.56 Å². The molecular weight excluding hydrogens is 261 g/mol. The van der Waals surface area contributed by atoms with Crippen LogP contribution >= 0.6 is 15.9 Å². The van der Waals surface area contributed by atoms with Crippen molar-refractivity contribution in [1.29, 1.82) is 0 Å². The highest BCUT2D eigenvalue weighted by atomic mass is 79.9. The Kier molecular flexibility index (Phi) is 2.73. The molecule has 0 spiro atoms. The van der Waals surface area contributed by atoms with Gasteiger partial charge in [0.25, 0.3) is 0 Å². The van der Waals surface area contributed by atoms with E-state index in [1.54, 1.807) is 23.1 Å². The van der Waals surface area contributed by atoms with Crippen molar-refractivity contribution < 1.29 is 4.39 Å². The van der Waals surface area contributed by atoms with Crippen LogP contribution in [0.3, 0.4) is 0 Å². The molecule has 0 fully saturated rings. The molecule has 2 aromatic rings. The van der Waals surface area contributed by atoms with E-state index in [-0.39, 0.29) is 5.82 Å². The third-order valence-electron chi connectivity index (χ3n) is 2.00. The van der Waals surface area contributed by atoms with Gasteiger partial charge in [-0.25, -0.2) is 4.39 Å². The summed E-state index contributed by atoms with van der Waals surface area (Å²) in [5, 5.41) is 4.05. The fourth-order valence-electron chi connectivity index (χ4n) is 1.29. The Morgan fingerprint density at radius 1 is 1.47 bits per heavy atom. The van der Waals surface area contributed by atoms with Gasteiger partial charge >= 0.3 is 0 Å². The molecule has 0 radical (unpaired) electrons. The first-order valence-electron chi connectivity index (χ1n) is 4.37. The van der Waals surface area contributed by atoms with Crippen LogP contribution < -0.4 is 5.73 Å². The zero-order chi connectivity index (χ0) is 10.8. The van der Waals surface area contributed by atoms with Crippen molar-refractivity contribution in [2.24, 2.45) is 0 Å². The van der Waals surface area contributed by atoms with Crippen molar-refractivity contribution in [3.63, 3.8) is 0 Å². The van der Waals surface area contributed by atoms with Crippen LogP contribution in [0.4, 0.5) is 10.1 Å². The Bertz CT molecular complexity index is 481. The number of aromatic nitrogens is 2. The van der Waals surface area contributed by atoms with E-state index in [1.165, 1.54) is 12.1 Å². The second-order valence-electron chi connectivity index (χ2n) is 3.21. The molecule has 0 saturated carbocycles. The second kappa shape index (κ2) is 4.02. The number of hydrogen-bond donors (Lipinski definition) is 1. The van der Waals surface area contributed by atoms with Crippen LogP contribution in [-0.4, -0.2) is 9.78 Å². The van der Waals surface area contributed by atoms with Crippen molar-refractivity contribution in [3.8, 4) is 0 Å². The topological polar surface area (TPSA) is 43.8 Å². The summed E-state index contributed by atoms with van der Waals surface area (Å²) in [6, 6.07) is 4.58. The predicted octanol–water partition coefficient (Wildman–Crippen LogP) is 2.42. The minimum absolute atomic E-state index is 0.259. The lowest BCUT2D eigenvalue weighted by Gasteiger charge is -2.04. The molecule has 5 heteroatoms. The molecule has 0 saturated heterocycles. The maximum Gasteiger partial charge on any atom is 0.124 e. The first-order chi connectivity index (χ1) is 7.15. The van der Waals surface area contributed by atoms with Crippen LogP contribution in [0.2, 0.25) is 0 Å². The summed E-state index contributed by atoms with van der Waals surface area (Å²) in [5.74, 6) is -0.259. The van der Waals surface area contributed by atoms with E-state index >= 15 is 0 Å². The van der Waals surface area contributed by atoms with Gasteiger partial charge in [-0.3, -0.25) is 4.68 Å². The number of halogens is 2. The molecule has 0 atom stereocenters. The molecule has 1 heterocycles. The highest BCUT2D eigenvalue weighted by Gasteiger charge is 2.03. The quantitative estimate of drug-likeness (QED) is 0.910. The molecule has 0 aliphatic carbocycles. The highest BCUT2D eigenvalue weighted by Crippen LogP contribution is 2.19. The Balaban J connectivity index is 2.24. The van der Waals surface area contributed by atoms with Gasteiger partial charge in [0.15, 0.2) is 0 Å². The Morgan fingerprint density at radius 3 is 2.87 bits per heavy atom. The van der Waals surface area contributed by atoms with E-state index in [0.29, 0.717) is 12.2 Å². The average Bonchev–Trinajstić information content (AvgIpc) is 2.56. The van der Waals surface area contributed by atoms with E-state index in [9.17, 15) is 4.39 Å². The summed E-state index contributed by atoms with van der Waals surface area (Å²) in [5.41, 5.74) is 7.12. The van der Waals surface area contributed by atoms with Crippen LogP contribution in [0.25, 0.3) is 0 Å². The number of nitrogens with zero attached hydrogens (tertiary/aromatic N) is 2. The second-order valence-corrected chi connectivity index (χ2v) is 4.06. The largest absolute Gasteiger partial charge is 0.396 e. The van der Waals surface area contributed by atoms with E-state index in [2.05, 4.69) is 21.0 Å². The molecule has 1 aromatic carbocycles. The van der Waals surface area contributed by atoms with Crippen LogP contribution in [0.5, 0.6) is 0 Å². The maximum atomic E-state index is 12.8. The molecule has 15 heavy (non-hydrogen) atoms. The molecule has 0 bridgehead atoms. The van der Waals surface area contributed by atoms with Crippen LogP contribution in [0, 0.1) is 5.82 Å². The molecule has 2 rings (SSSR count). The fraction of sp³-hybridized carbons (Fsp3) is 0.100. The minimum atomic E-state index is -0.259. The molecule has 1 aromatic heterocycles. The van der Waals surface area contributed by atoms with Gasteiger partial charge in [0.2, 0.25) is 0 Å². The van der Waals surface area contributed by atoms with Gasteiger partial charge in [0.1, 0.15) is 5.82 Å². The Labute approximate surface area is 94.8 Å². The molecule has 0 unspecified atom stereocenters. The van der Waals surface area contributed by atoms with Gasteiger partial charge in [-0.1, -0.05) is 22.0 Å². The number of nitrogens with two attached hydrogens (primary N) is 1. The minimum Gasteiger partial charge on any atom is -0.396 e. The maximum absolute atomic E-state index is 12.8. The predicted molar refractivity (Wildman–Crippen MR) is 59.8 cm³/mol. The molecule has 0 aliphatic heterocycles. The SMILES string of the molecule is Nc1cnn(Cc2ccc(F)cc2Br)c1. The third-order valence-corrected chi connectivity index (χ3v) is 2.74. The standard InChI is InChI=1S/C10H9BrFN3/c11-10-3-8(12)2-1-7(10)5-15-6-9(13)4-14-15/h1-4,6H,5,13H2. The van der Waals surface area contributed by atoms with Crippen LogP contribution in [0.15, 0.2) is 35.1 Å². The van der Waals surface area contributed by atoms with E-state index < -0.39 is 0 Å². The number of rotatable bonds is 2. The number of nitrogen functional groups attached to an aromatic ring is 1. The van der Waals surface area contributed by atoms with Gasteiger partial charge in [-0.2, -0.15) is 5.10 Å². The summed E-state index contributed by atoms with van der Waals surface area (Å²) in [7, 11) is 0. The van der Waals surface area contributed by atoms with Crippen molar-refractivity contribution in [2.45, 2.75) is 6.54 Å². The lowest BCUT2D eigenvalue weighted by atomic mass is 10.2.